The molecule has 1 amide bonds. The van der Waals surface area contributed by atoms with Crippen molar-refractivity contribution in [2.75, 3.05) is 26.5 Å². The van der Waals surface area contributed by atoms with Crippen molar-refractivity contribution in [1.82, 2.24) is 9.62 Å². The van der Waals surface area contributed by atoms with Crippen molar-refractivity contribution in [3.8, 4) is 0 Å². The summed E-state index contributed by atoms with van der Waals surface area (Å²) >= 11 is 0. The van der Waals surface area contributed by atoms with Crippen LogP contribution in [0.1, 0.15) is 25.7 Å². The van der Waals surface area contributed by atoms with Gasteiger partial charge in [-0.2, -0.15) is 0 Å². The van der Waals surface area contributed by atoms with E-state index in [4.69, 9.17) is 0 Å². The van der Waals surface area contributed by atoms with Gasteiger partial charge in [0.15, 0.2) is 0 Å². The topological polar surface area (TPSA) is 92.8 Å². The molecule has 0 saturated carbocycles. The summed E-state index contributed by atoms with van der Waals surface area (Å²) in [5, 5.41) is 2.80. The summed E-state index contributed by atoms with van der Waals surface area (Å²) in [7, 11) is -1.86. The molecule has 0 aliphatic carbocycles. The second kappa shape index (κ2) is 6.85. The maximum Gasteiger partial charge on any atom is 0.306 e. The third kappa shape index (κ3) is 5.56. The van der Waals surface area contributed by atoms with Gasteiger partial charge in [-0.3, -0.25) is 9.59 Å². The van der Waals surface area contributed by atoms with Gasteiger partial charge in [0.2, 0.25) is 15.9 Å². The van der Waals surface area contributed by atoms with Gasteiger partial charge in [-0.25, -0.2) is 12.7 Å². The van der Waals surface area contributed by atoms with Crippen LogP contribution in [0.2, 0.25) is 0 Å². The number of amides is 1. The van der Waals surface area contributed by atoms with Gasteiger partial charge in [0.1, 0.15) is 0 Å². The van der Waals surface area contributed by atoms with Crippen LogP contribution in [0, 0.1) is 0 Å². The van der Waals surface area contributed by atoms with Crippen LogP contribution in [0.3, 0.4) is 0 Å². The van der Waals surface area contributed by atoms with Gasteiger partial charge in [-0.1, -0.05) is 0 Å². The van der Waals surface area contributed by atoms with E-state index < -0.39 is 16.0 Å². The lowest BCUT2D eigenvalue weighted by Gasteiger charge is -2.30. The Labute approximate surface area is 113 Å². The van der Waals surface area contributed by atoms with Gasteiger partial charge < -0.3 is 10.1 Å². The Kier molecular flexibility index (Phi) is 5.74. The minimum Gasteiger partial charge on any atom is -0.469 e. The zero-order chi connectivity index (χ0) is 14.5. The Morgan fingerprint density at radius 2 is 1.84 bits per heavy atom. The Morgan fingerprint density at radius 3 is 2.32 bits per heavy atom. The lowest BCUT2D eigenvalue weighted by atomic mass is 10.1. The lowest BCUT2D eigenvalue weighted by Crippen LogP contribution is -2.46. The standard InChI is InChI=1S/C11H20N2O5S/c1-18-11(15)4-3-10(14)12-9-5-7-13(8-6-9)19(2,16)17/h9H,3-8H2,1-2H3,(H,12,14). The summed E-state index contributed by atoms with van der Waals surface area (Å²) in [6.45, 7) is 0.835. The monoisotopic (exact) mass is 292 g/mol. The number of rotatable bonds is 5. The zero-order valence-electron chi connectivity index (χ0n) is 11.2. The van der Waals surface area contributed by atoms with Gasteiger partial charge in [-0.15, -0.1) is 0 Å². The van der Waals surface area contributed by atoms with Crippen molar-refractivity contribution < 1.29 is 22.7 Å². The molecule has 7 nitrogen and oxygen atoms in total. The summed E-state index contributed by atoms with van der Waals surface area (Å²) in [6.07, 6.45) is 2.53. The number of nitrogens with one attached hydrogen (secondary N) is 1. The Morgan fingerprint density at radius 1 is 1.26 bits per heavy atom. The van der Waals surface area contributed by atoms with E-state index in [0.29, 0.717) is 25.9 Å². The second-order valence-electron chi connectivity index (χ2n) is 4.58. The fraction of sp³-hybridized carbons (Fsp3) is 0.818. The number of ether oxygens (including phenoxy) is 1. The van der Waals surface area contributed by atoms with Crippen LogP contribution < -0.4 is 5.32 Å². The van der Waals surface area contributed by atoms with Crippen LogP contribution in [0.4, 0.5) is 0 Å². The second-order valence-corrected chi connectivity index (χ2v) is 6.56. The fourth-order valence-electron chi connectivity index (χ4n) is 1.95. The molecule has 0 aromatic carbocycles. The third-order valence-electron chi connectivity index (χ3n) is 3.07. The van der Waals surface area contributed by atoms with Crippen molar-refractivity contribution in [2.45, 2.75) is 31.7 Å². The predicted octanol–water partition coefficient (Wildman–Crippen LogP) is -0.520. The Balaban J connectivity index is 2.29. The fourth-order valence-corrected chi connectivity index (χ4v) is 2.82. The minimum absolute atomic E-state index is 0.0249. The van der Waals surface area contributed by atoms with Gasteiger partial charge in [0.25, 0.3) is 0 Å². The van der Waals surface area contributed by atoms with Crippen LogP contribution in [0.5, 0.6) is 0 Å². The van der Waals surface area contributed by atoms with E-state index in [1.807, 2.05) is 0 Å². The zero-order valence-corrected chi connectivity index (χ0v) is 12.0. The summed E-state index contributed by atoms with van der Waals surface area (Å²) < 4.78 is 28.5. The molecule has 1 fully saturated rings. The summed E-state index contributed by atoms with van der Waals surface area (Å²) in [6, 6.07) is -0.0249. The van der Waals surface area contributed by atoms with Crippen molar-refractivity contribution in [2.24, 2.45) is 0 Å². The summed E-state index contributed by atoms with van der Waals surface area (Å²) in [5.41, 5.74) is 0. The highest BCUT2D eigenvalue weighted by Crippen LogP contribution is 2.13. The van der Waals surface area contributed by atoms with Crippen LogP contribution >= 0.6 is 0 Å². The number of esters is 1. The lowest BCUT2D eigenvalue weighted by molar-refractivity contribution is -0.142. The number of methoxy groups -OCH3 is 1. The first-order valence-electron chi connectivity index (χ1n) is 6.14. The molecule has 1 aliphatic rings. The largest absolute Gasteiger partial charge is 0.469 e. The normalized spacial score (nSPS) is 18.0. The molecule has 0 atom stereocenters. The van der Waals surface area contributed by atoms with Gasteiger partial charge in [0.05, 0.1) is 19.8 Å². The van der Waals surface area contributed by atoms with Crippen molar-refractivity contribution >= 4 is 21.9 Å². The highest BCUT2D eigenvalue weighted by molar-refractivity contribution is 7.88. The first-order chi connectivity index (χ1) is 8.82. The maximum absolute atomic E-state index is 11.6. The first kappa shape index (κ1) is 15.9. The number of carbonyl (C=O) groups excluding carboxylic acids is 2. The molecule has 0 aromatic rings. The molecule has 1 rings (SSSR count). The number of carbonyl (C=O) groups is 2. The number of nitrogens with zero attached hydrogens (tertiary/aromatic N) is 1. The molecule has 0 unspecified atom stereocenters. The SMILES string of the molecule is COC(=O)CCC(=O)NC1CCN(S(C)(=O)=O)CC1. The molecule has 1 N–H and O–H groups in total. The molecule has 1 aliphatic heterocycles. The van der Waals surface area contributed by atoms with E-state index in [-0.39, 0.29) is 24.8 Å². The van der Waals surface area contributed by atoms with Gasteiger partial charge >= 0.3 is 5.97 Å². The van der Waals surface area contributed by atoms with Gasteiger partial charge in [0, 0.05) is 25.6 Å². The smallest absolute Gasteiger partial charge is 0.306 e. The van der Waals surface area contributed by atoms with Crippen LogP contribution in [-0.2, 0) is 24.3 Å². The minimum atomic E-state index is -3.14. The predicted molar refractivity (Wildman–Crippen MR) is 68.8 cm³/mol. The van der Waals surface area contributed by atoms with E-state index >= 15 is 0 Å². The van der Waals surface area contributed by atoms with Crippen molar-refractivity contribution in [3.05, 3.63) is 0 Å². The van der Waals surface area contributed by atoms with Crippen molar-refractivity contribution in [1.29, 1.82) is 0 Å². The third-order valence-corrected chi connectivity index (χ3v) is 4.38. The quantitative estimate of drug-likeness (QED) is 0.688. The highest BCUT2D eigenvalue weighted by atomic mass is 32.2. The van der Waals surface area contributed by atoms with Crippen LogP contribution in [-0.4, -0.2) is 57.1 Å². The Bertz CT molecular complexity index is 426. The van der Waals surface area contributed by atoms with Crippen molar-refractivity contribution in [3.63, 3.8) is 0 Å². The van der Waals surface area contributed by atoms with E-state index in [1.165, 1.54) is 17.7 Å². The number of piperidine rings is 1. The molecule has 1 heterocycles. The first-order valence-corrected chi connectivity index (χ1v) is 7.99. The molecule has 0 aromatic heterocycles. The van der Waals surface area contributed by atoms with Crippen LogP contribution in [0.25, 0.3) is 0 Å². The number of hydrogen-bond donors (Lipinski definition) is 1. The molecule has 8 heteroatoms. The number of sulfonamides is 1. The van der Waals surface area contributed by atoms with Gasteiger partial charge in [-0.05, 0) is 12.8 Å². The van der Waals surface area contributed by atoms with E-state index in [1.54, 1.807) is 0 Å². The summed E-state index contributed by atoms with van der Waals surface area (Å²) in [4.78, 5) is 22.4. The molecule has 19 heavy (non-hydrogen) atoms. The Hall–Kier alpha value is -1.15. The molecular weight excluding hydrogens is 272 g/mol. The molecule has 1 saturated heterocycles. The molecule has 110 valence electrons. The molecule has 0 radical (unpaired) electrons. The maximum atomic E-state index is 11.6. The van der Waals surface area contributed by atoms with Crippen LogP contribution in [0.15, 0.2) is 0 Å². The molecule has 0 bridgehead atoms. The average molecular weight is 292 g/mol. The number of hydrogen-bond acceptors (Lipinski definition) is 5. The molecule has 0 spiro atoms. The summed E-state index contributed by atoms with van der Waals surface area (Å²) in [5.74, 6) is -0.620. The van der Waals surface area contributed by atoms with E-state index in [0.717, 1.165) is 0 Å². The van der Waals surface area contributed by atoms with E-state index in [2.05, 4.69) is 10.1 Å². The van der Waals surface area contributed by atoms with E-state index in [9.17, 15) is 18.0 Å². The average Bonchev–Trinajstić information content (AvgIpc) is 2.35. The molecular formula is C11H20N2O5S. The highest BCUT2D eigenvalue weighted by Gasteiger charge is 2.25.